The lowest BCUT2D eigenvalue weighted by molar-refractivity contribution is 0.155. The van der Waals surface area contributed by atoms with Crippen molar-refractivity contribution in [2.45, 2.75) is 45.7 Å². The van der Waals surface area contributed by atoms with Gasteiger partial charge in [0.2, 0.25) is 0 Å². The number of anilines is 1. The van der Waals surface area contributed by atoms with Gasteiger partial charge in [0.1, 0.15) is 28.2 Å². The molecule has 1 amide bonds. The van der Waals surface area contributed by atoms with Gasteiger partial charge in [-0.2, -0.15) is 0 Å². The van der Waals surface area contributed by atoms with Gasteiger partial charge in [0.05, 0.1) is 29.2 Å². The van der Waals surface area contributed by atoms with Crippen LogP contribution in [-0.4, -0.2) is 33.1 Å². The largest absolute Gasteiger partial charge is 0.500 e. The van der Waals surface area contributed by atoms with Gasteiger partial charge in [-0.25, -0.2) is 14.8 Å². The molecule has 32 heavy (non-hydrogen) atoms. The molecule has 0 saturated carbocycles. The second kappa shape index (κ2) is 9.34. The highest BCUT2D eigenvalue weighted by Gasteiger charge is 2.21. The van der Waals surface area contributed by atoms with Crippen LogP contribution < -0.4 is 5.32 Å². The first-order valence-corrected chi connectivity index (χ1v) is 11.6. The van der Waals surface area contributed by atoms with Crippen LogP contribution in [0, 0.1) is 13.8 Å². The Balaban J connectivity index is 1.43. The van der Waals surface area contributed by atoms with Gasteiger partial charge in [0.25, 0.3) is 0 Å². The van der Waals surface area contributed by atoms with Crippen LogP contribution in [0.25, 0.3) is 16.6 Å². The number of aromatic nitrogens is 3. The number of amides is 1. The molecule has 1 atom stereocenters. The number of nitrogens with one attached hydrogen (secondary N) is 1. The Bertz CT molecular complexity index is 1230. The number of aryl methyl sites for hydroxylation is 3. The average Bonchev–Trinajstić information content (AvgIpc) is 3.29. The molecule has 1 unspecified atom stereocenters. The van der Waals surface area contributed by atoms with Crippen LogP contribution >= 0.6 is 22.9 Å². The molecule has 0 spiro atoms. The standard InChI is InChI=1S/C23H25ClN4O3S/c1-5-28-14(3)26-18-10-15(6-9-19(18)28)12-31-23(29)27-21-13(2)25-22(32-21)17-8-7-16(24)11-20(17)30-4/h6-10,16H,5,11-12H2,1-4H3,(H,27,29). The van der Waals surface area contributed by atoms with E-state index in [0.717, 1.165) is 45.3 Å². The molecule has 1 N–H and O–H groups in total. The van der Waals surface area contributed by atoms with E-state index in [9.17, 15) is 4.79 Å². The number of methoxy groups -OCH3 is 1. The molecule has 1 aliphatic carbocycles. The number of rotatable bonds is 6. The highest BCUT2D eigenvalue weighted by molar-refractivity contribution is 7.17. The average molecular weight is 473 g/mol. The highest BCUT2D eigenvalue weighted by Crippen LogP contribution is 2.35. The lowest BCUT2D eigenvalue weighted by atomic mass is 10.1. The molecule has 7 nitrogen and oxygen atoms in total. The van der Waals surface area contributed by atoms with Crippen LogP contribution in [0.5, 0.6) is 0 Å². The van der Waals surface area contributed by atoms with Crippen molar-refractivity contribution >= 4 is 50.6 Å². The normalized spacial score (nSPS) is 16.0. The molecular weight excluding hydrogens is 448 g/mol. The fraction of sp³-hybridized carbons (Fsp3) is 0.348. The highest BCUT2D eigenvalue weighted by atomic mass is 35.5. The van der Waals surface area contributed by atoms with E-state index < -0.39 is 6.09 Å². The maximum absolute atomic E-state index is 12.4. The quantitative estimate of drug-likeness (QED) is 0.458. The van der Waals surface area contributed by atoms with Crippen LogP contribution in [0.2, 0.25) is 0 Å². The molecule has 168 valence electrons. The maximum Gasteiger partial charge on any atom is 0.412 e. The van der Waals surface area contributed by atoms with Gasteiger partial charge >= 0.3 is 6.09 Å². The zero-order valence-corrected chi connectivity index (χ0v) is 20.0. The third kappa shape index (κ3) is 4.52. The molecule has 0 fully saturated rings. The van der Waals surface area contributed by atoms with E-state index >= 15 is 0 Å². The van der Waals surface area contributed by atoms with E-state index in [4.69, 9.17) is 21.1 Å². The number of ether oxygens (including phenoxy) is 2. The number of hydrogen-bond donors (Lipinski definition) is 1. The first-order valence-electron chi connectivity index (χ1n) is 10.4. The van der Waals surface area contributed by atoms with Crippen molar-refractivity contribution in [3.63, 3.8) is 0 Å². The summed E-state index contributed by atoms with van der Waals surface area (Å²) in [4.78, 5) is 21.6. The molecule has 2 aromatic heterocycles. The number of carbonyl (C=O) groups excluding carboxylic acids is 1. The summed E-state index contributed by atoms with van der Waals surface area (Å²) in [7, 11) is 1.63. The van der Waals surface area contributed by atoms with E-state index in [1.165, 1.54) is 11.3 Å². The third-order valence-electron chi connectivity index (χ3n) is 5.33. The molecule has 4 rings (SSSR count). The van der Waals surface area contributed by atoms with Crippen LogP contribution in [0.4, 0.5) is 9.80 Å². The number of imidazole rings is 1. The number of allylic oxidation sites excluding steroid dienone is 4. The number of thiazole rings is 1. The monoisotopic (exact) mass is 472 g/mol. The summed E-state index contributed by atoms with van der Waals surface area (Å²) in [5.74, 6) is 1.75. The predicted molar refractivity (Wildman–Crippen MR) is 128 cm³/mol. The van der Waals surface area contributed by atoms with E-state index in [-0.39, 0.29) is 12.0 Å². The summed E-state index contributed by atoms with van der Waals surface area (Å²) in [6.07, 6.45) is 3.91. The first kappa shape index (κ1) is 22.4. The Morgan fingerprint density at radius 1 is 1.34 bits per heavy atom. The van der Waals surface area contributed by atoms with E-state index in [1.54, 1.807) is 7.11 Å². The first-order chi connectivity index (χ1) is 15.4. The molecule has 0 bridgehead atoms. The Morgan fingerprint density at radius 3 is 2.91 bits per heavy atom. The Kier molecular flexibility index (Phi) is 6.53. The molecule has 0 aliphatic heterocycles. The number of carbonyl (C=O) groups is 1. The lowest BCUT2D eigenvalue weighted by Gasteiger charge is -2.16. The van der Waals surface area contributed by atoms with Gasteiger partial charge in [-0.3, -0.25) is 5.32 Å². The third-order valence-corrected chi connectivity index (χ3v) is 6.74. The summed E-state index contributed by atoms with van der Waals surface area (Å²) in [5, 5.41) is 4.11. The molecular formula is C23H25ClN4O3S. The molecule has 3 aromatic rings. The summed E-state index contributed by atoms with van der Waals surface area (Å²) in [5.41, 5.74) is 4.46. The van der Waals surface area contributed by atoms with Crippen LogP contribution in [0.3, 0.4) is 0 Å². The predicted octanol–water partition coefficient (Wildman–Crippen LogP) is 5.80. The second-order valence-corrected chi connectivity index (χ2v) is 9.04. The molecule has 1 aromatic carbocycles. The Morgan fingerprint density at radius 2 is 2.16 bits per heavy atom. The summed E-state index contributed by atoms with van der Waals surface area (Å²) in [6, 6.07) is 5.92. The number of halogens is 1. The van der Waals surface area contributed by atoms with Gasteiger partial charge < -0.3 is 14.0 Å². The summed E-state index contributed by atoms with van der Waals surface area (Å²) < 4.78 is 13.1. The fourth-order valence-electron chi connectivity index (χ4n) is 3.72. The van der Waals surface area contributed by atoms with Crippen molar-refractivity contribution in [3.8, 4) is 0 Å². The number of benzene rings is 1. The van der Waals surface area contributed by atoms with Crippen LogP contribution in [-0.2, 0) is 22.6 Å². The molecule has 1 aliphatic rings. The number of nitrogens with zero attached hydrogens (tertiary/aromatic N) is 3. The second-order valence-electron chi connectivity index (χ2n) is 7.48. The van der Waals surface area contributed by atoms with Gasteiger partial charge in [-0.05, 0) is 38.5 Å². The zero-order valence-electron chi connectivity index (χ0n) is 18.4. The minimum Gasteiger partial charge on any atom is -0.500 e. The van der Waals surface area contributed by atoms with Gasteiger partial charge in [-0.15, -0.1) is 11.6 Å². The van der Waals surface area contributed by atoms with E-state index in [2.05, 4.69) is 26.8 Å². The minimum atomic E-state index is -0.528. The van der Waals surface area contributed by atoms with Crippen LogP contribution in [0.1, 0.15) is 35.4 Å². The maximum atomic E-state index is 12.4. The number of alkyl halides is 1. The lowest BCUT2D eigenvalue weighted by Crippen LogP contribution is -2.13. The number of fused-ring (bicyclic) bond motifs is 1. The van der Waals surface area contributed by atoms with E-state index in [0.29, 0.717) is 17.1 Å². The molecule has 0 saturated heterocycles. The number of hydrogen-bond acceptors (Lipinski definition) is 6. The van der Waals surface area contributed by atoms with Crippen molar-refractivity contribution in [2.75, 3.05) is 12.4 Å². The van der Waals surface area contributed by atoms with Crippen LogP contribution in [0.15, 0.2) is 36.1 Å². The van der Waals surface area contributed by atoms with Gasteiger partial charge in [-0.1, -0.05) is 29.6 Å². The molecule has 9 heteroatoms. The van der Waals surface area contributed by atoms with E-state index in [1.807, 2.05) is 44.2 Å². The fourth-order valence-corrected chi connectivity index (χ4v) is 4.93. The topological polar surface area (TPSA) is 78.3 Å². The van der Waals surface area contributed by atoms with Crippen molar-refractivity contribution < 1.29 is 14.3 Å². The molecule has 2 heterocycles. The summed E-state index contributed by atoms with van der Waals surface area (Å²) in [6.45, 7) is 6.95. The van der Waals surface area contributed by atoms with Crippen molar-refractivity contribution in [3.05, 3.63) is 58.2 Å². The minimum absolute atomic E-state index is 0.0961. The smallest absolute Gasteiger partial charge is 0.412 e. The Hall–Kier alpha value is -2.84. The van der Waals surface area contributed by atoms with Crippen molar-refractivity contribution in [1.82, 2.24) is 14.5 Å². The SMILES string of the molecule is CCn1c(C)nc2cc(COC(=O)Nc3sc(C4=C(OC)CC(Cl)C=C4)nc3C)ccc21. The van der Waals surface area contributed by atoms with Crippen molar-refractivity contribution in [1.29, 1.82) is 0 Å². The Labute approximate surface area is 195 Å². The molecule has 0 radical (unpaired) electrons. The van der Waals surface area contributed by atoms with Crippen molar-refractivity contribution in [2.24, 2.45) is 0 Å². The summed E-state index contributed by atoms with van der Waals surface area (Å²) >= 11 is 7.56. The van der Waals surface area contributed by atoms with Gasteiger partial charge in [0.15, 0.2) is 0 Å². The zero-order chi connectivity index (χ0) is 22.8. The van der Waals surface area contributed by atoms with Gasteiger partial charge in [0, 0.05) is 18.5 Å².